The van der Waals surface area contributed by atoms with Gasteiger partial charge in [-0.2, -0.15) is 0 Å². The van der Waals surface area contributed by atoms with Crippen LogP contribution in [0.15, 0.2) is 30.6 Å². The Kier molecular flexibility index (Phi) is 3.20. The van der Waals surface area contributed by atoms with E-state index in [-0.39, 0.29) is 5.91 Å². The Morgan fingerprint density at radius 1 is 1.12 bits per heavy atom. The third kappa shape index (κ3) is 2.28. The molecule has 0 aliphatic heterocycles. The van der Waals surface area contributed by atoms with Crippen LogP contribution in [0.3, 0.4) is 0 Å². The molecule has 9 heteroatoms. The number of pyridine rings is 1. The van der Waals surface area contributed by atoms with Crippen LogP contribution in [-0.4, -0.2) is 34.9 Å². The van der Waals surface area contributed by atoms with Crippen molar-refractivity contribution in [2.24, 2.45) is 0 Å². The van der Waals surface area contributed by atoms with Gasteiger partial charge in [-0.1, -0.05) is 11.6 Å². The predicted molar refractivity (Wildman–Crippen MR) is 88.4 cm³/mol. The van der Waals surface area contributed by atoms with E-state index in [1.54, 1.807) is 40.3 Å². The Morgan fingerprint density at radius 3 is 2.79 bits per heavy atom. The number of nitrogens with zero attached hydrogens (tertiary/aromatic N) is 6. The number of hydrogen-bond acceptors (Lipinski definition) is 5. The van der Waals surface area contributed by atoms with Crippen LogP contribution in [0.4, 0.5) is 5.95 Å². The topological polar surface area (TPSA) is 89.5 Å². The maximum atomic E-state index is 12.7. The van der Waals surface area contributed by atoms with Crippen LogP contribution in [0, 0.1) is 13.8 Å². The third-order valence-corrected chi connectivity index (χ3v) is 3.84. The predicted octanol–water partition coefficient (Wildman–Crippen LogP) is 2.29. The van der Waals surface area contributed by atoms with Crippen molar-refractivity contribution in [2.45, 2.75) is 13.8 Å². The molecule has 0 fully saturated rings. The zero-order valence-corrected chi connectivity index (χ0v) is 13.6. The van der Waals surface area contributed by atoms with Gasteiger partial charge in [0.1, 0.15) is 11.3 Å². The zero-order chi connectivity index (χ0) is 16.8. The van der Waals surface area contributed by atoms with Crippen molar-refractivity contribution in [3.8, 4) is 0 Å². The molecule has 8 nitrogen and oxygen atoms in total. The molecule has 0 atom stereocenters. The summed E-state index contributed by atoms with van der Waals surface area (Å²) in [6.45, 7) is 3.63. The molecular weight excluding hydrogens is 330 g/mol. The van der Waals surface area contributed by atoms with Gasteiger partial charge in [0.15, 0.2) is 0 Å². The fraction of sp³-hybridized carbons (Fsp3) is 0.133. The number of carbonyl (C=O) groups excluding carboxylic acids is 1. The van der Waals surface area contributed by atoms with Crippen molar-refractivity contribution in [1.29, 1.82) is 0 Å². The molecule has 1 amide bonds. The van der Waals surface area contributed by atoms with Gasteiger partial charge >= 0.3 is 0 Å². The summed E-state index contributed by atoms with van der Waals surface area (Å²) < 4.78 is 3.26. The summed E-state index contributed by atoms with van der Waals surface area (Å²) in [5, 5.41) is 11.2. The summed E-state index contributed by atoms with van der Waals surface area (Å²) in [7, 11) is 0. The highest BCUT2D eigenvalue weighted by molar-refractivity contribution is 6.30. The molecule has 4 rings (SSSR count). The molecule has 0 aliphatic carbocycles. The minimum absolute atomic E-state index is 0.291. The maximum Gasteiger partial charge on any atom is 0.276 e. The molecule has 4 heterocycles. The van der Waals surface area contributed by atoms with E-state index in [0.29, 0.717) is 33.8 Å². The van der Waals surface area contributed by atoms with Crippen LogP contribution >= 0.6 is 11.6 Å². The lowest BCUT2D eigenvalue weighted by atomic mass is 10.3. The second-order valence-electron chi connectivity index (χ2n) is 5.34. The first-order chi connectivity index (χ1) is 11.5. The number of imidazole rings is 1. The van der Waals surface area contributed by atoms with E-state index in [2.05, 4.69) is 25.5 Å². The van der Waals surface area contributed by atoms with Crippen molar-refractivity contribution < 1.29 is 4.79 Å². The molecule has 0 radical (unpaired) electrons. The summed E-state index contributed by atoms with van der Waals surface area (Å²) in [5.41, 5.74) is 2.45. The summed E-state index contributed by atoms with van der Waals surface area (Å²) in [5.74, 6) is 0.360. The largest absolute Gasteiger partial charge is 0.294 e. The van der Waals surface area contributed by atoms with Crippen molar-refractivity contribution in [3.63, 3.8) is 0 Å². The second kappa shape index (κ2) is 5.27. The van der Waals surface area contributed by atoms with Crippen LogP contribution in [0.25, 0.3) is 11.4 Å². The Hall–Kier alpha value is -3.00. The van der Waals surface area contributed by atoms with Crippen LogP contribution < -0.4 is 5.32 Å². The number of nitrogens with one attached hydrogen (secondary N) is 1. The van der Waals surface area contributed by atoms with Crippen molar-refractivity contribution in [2.75, 3.05) is 5.32 Å². The minimum atomic E-state index is -0.350. The van der Waals surface area contributed by atoms with Crippen LogP contribution in [0.5, 0.6) is 0 Å². The highest BCUT2D eigenvalue weighted by Crippen LogP contribution is 2.17. The first-order valence-corrected chi connectivity index (χ1v) is 7.54. The molecule has 0 saturated carbocycles. The number of anilines is 1. The van der Waals surface area contributed by atoms with Crippen LogP contribution in [0.2, 0.25) is 5.02 Å². The normalized spacial score (nSPS) is 11.3. The Balaban J connectivity index is 1.76. The van der Waals surface area contributed by atoms with Gasteiger partial charge in [0.05, 0.1) is 10.7 Å². The molecule has 0 aliphatic rings. The van der Waals surface area contributed by atoms with Gasteiger partial charge in [-0.15, -0.1) is 10.2 Å². The summed E-state index contributed by atoms with van der Waals surface area (Å²) in [6, 6.07) is 5.29. The van der Waals surface area contributed by atoms with Crippen molar-refractivity contribution in [3.05, 3.63) is 52.7 Å². The van der Waals surface area contributed by atoms with Gasteiger partial charge in [-0.05, 0) is 32.0 Å². The maximum absolute atomic E-state index is 12.7. The van der Waals surface area contributed by atoms with Crippen molar-refractivity contribution in [1.82, 2.24) is 29.0 Å². The number of amides is 1. The molecule has 0 bridgehead atoms. The van der Waals surface area contributed by atoms with E-state index in [1.165, 1.54) is 0 Å². The number of fused-ring (bicyclic) bond motifs is 2. The van der Waals surface area contributed by atoms with E-state index in [4.69, 9.17) is 11.6 Å². The quantitative estimate of drug-likeness (QED) is 0.604. The summed E-state index contributed by atoms with van der Waals surface area (Å²) in [6.07, 6.45) is 3.41. The fourth-order valence-electron chi connectivity index (χ4n) is 2.53. The number of rotatable bonds is 2. The lowest BCUT2D eigenvalue weighted by molar-refractivity contribution is 0.102. The fourth-order valence-corrected chi connectivity index (χ4v) is 2.69. The lowest BCUT2D eigenvalue weighted by Crippen LogP contribution is -2.17. The number of carbonyl (C=O) groups is 1. The smallest absolute Gasteiger partial charge is 0.276 e. The first-order valence-electron chi connectivity index (χ1n) is 7.17. The molecule has 0 saturated heterocycles. The monoisotopic (exact) mass is 341 g/mol. The number of hydrogen-bond donors (Lipinski definition) is 1. The lowest BCUT2D eigenvalue weighted by Gasteiger charge is -2.05. The number of halogens is 1. The Labute approximate surface area is 141 Å². The average Bonchev–Trinajstić information content (AvgIpc) is 3.07. The minimum Gasteiger partial charge on any atom is -0.294 e. The van der Waals surface area contributed by atoms with E-state index in [1.807, 2.05) is 13.0 Å². The molecule has 4 aromatic heterocycles. The van der Waals surface area contributed by atoms with Gasteiger partial charge in [0.25, 0.3) is 11.7 Å². The zero-order valence-electron chi connectivity index (χ0n) is 12.9. The highest BCUT2D eigenvalue weighted by atomic mass is 35.5. The van der Waals surface area contributed by atoms with E-state index < -0.39 is 0 Å². The van der Waals surface area contributed by atoms with Gasteiger partial charge in [0.2, 0.25) is 5.95 Å². The molecule has 0 aromatic carbocycles. The number of aryl methyl sites for hydroxylation is 2. The average molecular weight is 342 g/mol. The van der Waals surface area contributed by atoms with E-state index in [9.17, 15) is 4.79 Å². The Morgan fingerprint density at radius 2 is 1.96 bits per heavy atom. The molecular formula is C15H12ClN7O. The molecule has 0 spiro atoms. The standard InChI is InChI=1S/C15H12ClN7O/c1-8-5-6-22-14(17-8)20-21-15(22)19-13(24)12-9(2)18-11-4-3-10(16)7-23(11)12/h3-7H,1-2H3,(H,19,21,24). The highest BCUT2D eigenvalue weighted by Gasteiger charge is 2.19. The Bertz CT molecular complexity index is 1100. The van der Waals surface area contributed by atoms with Crippen LogP contribution in [-0.2, 0) is 0 Å². The van der Waals surface area contributed by atoms with Gasteiger partial charge in [-0.3, -0.25) is 18.9 Å². The number of aromatic nitrogens is 6. The summed E-state index contributed by atoms with van der Waals surface area (Å²) in [4.78, 5) is 21.3. The molecule has 0 unspecified atom stereocenters. The van der Waals surface area contributed by atoms with E-state index in [0.717, 1.165) is 5.69 Å². The first kappa shape index (κ1) is 14.6. The molecule has 120 valence electrons. The van der Waals surface area contributed by atoms with Gasteiger partial charge < -0.3 is 0 Å². The van der Waals surface area contributed by atoms with Crippen LogP contribution in [0.1, 0.15) is 21.9 Å². The van der Waals surface area contributed by atoms with Gasteiger partial charge in [-0.25, -0.2) is 9.97 Å². The summed E-state index contributed by atoms with van der Waals surface area (Å²) >= 11 is 6.03. The third-order valence-electron chi connectivity index (χ3n) is 3.62. The van der Waals surface area contributed by atoms with E-state index >= 15 is 0 Å². The SMILES string of the molecule is Cc1ccn2c(NC(=O)c3c(C)nc4ccc(Cl)cn34)nnc2n1. The molecule has 24 heavy (non-hydrogen) atoms. The molecule has 1 N–H and O–H groups in total. The van der Waals surface area contributed by atoms with Crippen molar-refractivity contribution >= 4 is 34.9 Å². The van der Waals surface area contributed by atoms with Gasteiger partial charge in [0, 0.05) is 18.1 Å². The molecule has 4 aromatic rings. The second-order valence-corrected chi connectivity index (χ2v) is 5.77.